The van der Waals surface area contributed by atoms with E-state index in [9.17, 15) is 17.4 Å². The van der Waals surface area contributed by atoms with Gasteiger partial charge in [0.25, 0.3) is 15.0 Å². The van der Waals surface area contributed by atoms with Gasteiger partial charge in [0.15, 0.2) is 0 Å². The van der Waals surface area contributed by atoms with E-state index < -0.39 is 25.8 Å². The predicted molar refractivity (Wildman–Crippen MR) is 84.7 cm³/mol. The maximum atomic E-state index is 11.9. The lowest BCUT2D eigenvalue weighted by atomic mass is 10.1. The Bertz CT molecular complexity index is 644. The Kier molecular flexibility index (Phi) is 6.83. The summed E-state index contributed by atoms with van der Waals surface area (Å²) >= 11 is 0. The Balaban J connectivity index is 2.89. The lowest BCUT2D eigenvalue weighted by Gasteiger charge is -2.09. The Morgan fingerprint density at radius 1 is 1.33 bits per heavy atom. The van der Waals surface area contributed by atoms with Crippen LogP contribution in [0.2, 0.25) is 0 Å². The van der Waals surface area contributed by atoms with E-state index in [0.717, 1.165) is 0 Å². The zero-order valence-electron chi connectivity index (χ0n) is 11.9. The molecule has 5 nitrogen and oxygen atoms in total. The molecule has 1 aromatic rings. The van der Waals surface area contributed by atoms with Crippen molar-refractivity contribution < 1.29 is 17.4 Å². The first-order valence-corrected chi connectivity index (χ1v) is 10.3. The van der Waals surface area contributed by atoms with Gasteiger partial charge in [-0.1, -0.05) is 19.9 Å². The smallest absolute Gasteiger partial charge is 0.261 e. The zero-order valence-corrected chi connectivity index (χ0v) is 14.3. The van der Waals surface area contributed by atoms with Crippen molar-refractivity contribution in [1.29, 1.82) is 0 Å². The van der Waals surface area contributed by atoms with Gasteiger partial charge in [-0.15, -0.1) is 0 Å². The summed E-state index contributed by atoms with van der Waals surface area (Å²) in [5.74, 6) is 0.498. The maximum absolute atomic E-state index is 11.9. The SMILES string of the molecule is CCc1ccc(C(=O)NCCS(=O)CC)cc1S(=O)(=O)Cl. The molecule has 0 fully saturated rings. The summed E-state index contributed by atoms with van der Waals surface area (Å²) in [7, 11) is 0.533. The minimum atomic E-state index is -3.90. The Hall–Kier alpha value is -0.920. The normalized spacial score (nSPS) is 12.9. The van der Waals surface area contributed by atoms with Crippen molar-refractivity contribution in [3.8, 4) is 0 Å². The number of rotatable bonds is 7. The molecule has 1 N–H and O–H groups in total. The van der Waals surface area contributed by atoms with Gasteiger partial charge in [-0.3, -0.25) is 9.00 Å². The summed E-state index contributed by atoms with van der Waals surface area (Å²) in [5, 5.41) is 2.61. The van der Waals surface area contributed by atoms with Crippen LogP contribution in [0.5, 0.6) is 0 Å². The molecule has 1 atom stereocenters. The number of carbonyl (C=O) groups is 1. The second kappa shape index (κ2) is 7.91. The maximum Gasteiger partial charge on any atom is 0.261 e. The number of hydrogen-bond donors (Lipinski definition) is 1. The average Bonchev–Trinajstić information content (AvgIpc) is 2.45. The number of halogens is 1. The molecule has 1 rings (SSSR count). The number of aryl methyl sites for hydroxylation is 1. The van der Waals surface area contributed by atoms with Crippen molar-refractivity contribution in [3.05, 3.63) is 29.3 Å². The van der Waals surface area contributed by atoms with Gasteiger partial charge in [0.1, 0.15) is 0 Å². The Labute approximate surface area is 132 Å². The van der Waals surface area contributed by atoms with Crippen molar-refractivity contribution in [1.82, 2.24) is 5.32 Å². The Morgan fingerprint density at radius 2 is 2.00 bits per heavy atom. The molecule has 0 saturated carbocycles. The molecule has 1 aromatic carbocycles. The highest BCUT2D eigenvalue weighted by molar-refractivity contribution is 8.13. The standard InChI is InChI=1S/C13H18ClNO4S2/c1-3-10-5-6-11(9-12(10)21(14,18)19)13(16)15-7-8-20(17)4-2/h5-6,9H,3-4,7-8H2,1-2H3,(H,15,16). The molecule has 0 aliphatic rings. The second-order valence-corrected chi connectivity index (χ2v) is 8.70. The van der Waals surface area contributed by atoms with E-state index in [0.29, 0.717) is 23.5 Å². The van der Waals surface area contributed by atoms with E-state index >= 15 is 0 Å². The van der Waals surface area contributed by atoms with Crippen LogP contribution in [0.25, 0.3) is 0 Å². The summed E-state index contributed by atoms with van der Waals surface area (Å²) in [6, 6.07) is 4.40. The van der Waals surface area contributed by atoms with Crippen LogP contribution in [0.3, 0.4) is 0 Å². The largest absolute Gasteiger partial charge is 0.351 e. The van der Waals surface area contributed by atoms with Crippen molar-refractivity contribution in [2.45, 2.75) is 25.2 Å². The van der Waals surface area contributed by atoms with E-state index in [4.69, 9.17) is 10.7 Å². The summed E-state index contributed by atoms with van der Waals surface area (Å²) < 4.78 is 34.3. The van der Waals surface area contributed by atoms with E-state index in [1.165, 1.54) is 6.07 Å². The van der Waals surface area contributed by atoms with Gasteiger partial charge in [-0.2, -0.15) is 0 Å². The van der Waals surface area contributed by atoms with E-state index in [2.05, 4.69) is 5.32 Å². The quantitative estimate of drug-likeness (QED) is 0.758. The number of nitrogens with one attached hydrogen (secondary N) is 1. The minimum Gasteiger partial charge on any atom is -0.351 e. The van der Waals surface area contributed by atoms with Crippen LogP contribution in [0.15, 0.2) is 23.1 Å². The third-order valence-electron chi connectivity index (χ3n) is 2.91. The molecule has 118 valence electrons. The molecule has 0 spiro atoms. The molecule has 1 unspecified atom stereocenters. The Morgan fingerprint density at radius 3 is 2.52 bits per heavy atom. The van der Waals surface area contributed by atoms with Gasteiger partial charge < -0.3 is 5.32 Å². The molecule has 0 aliphatic heterocycles. The summed E-state index contributed by atoms with van der Waals surface area (Å²) in [6.45, 7) is 3.89. The highest BCUT2D eigenvalue weighted by Crippen LogP contribution is 2.22. The van der Waals surface area contributed by atoms with Gasteiger partial charge in [0, 0.05) is 45.1 Å². The van der Waals surface area contributed by atoms with Crippen LogP contribution in [0, 0.1) is 0 Å². The predicted octanol–water partition coefficient (Wildman–Crippen LogP) is 1.67. The van der Waals surface area contributed by atoms with Crippen LogP contribution < -0.4 is 5.32 Å². The minimum absolute atomic E-state index is 0.0450. The molecular formula is C13H18ClNO4S2. The van der Waals surface area contributed by atoms with Gasteiger partial charge >= 0.3 is 0 Å². The molecule has 0 aliphatic carbocycles. The zero-order chi connectivity index (χ0) is 16.0. The fourth-order valence-corrected chi connectivity index (χ4v) is 3.58. The molecule has 1 amide bonds. The lowest BCUT2D eigenvalue weighted by Crippen LogP contribution is -2.28. The third kappa shape index (κ3) is 5.41. The molecule has 8 heteroatoms. The van der Waals surface area contributed by atoms with Gasteiger partial charge in [0.05, 0.1) is 4.90 Å². The van der Waals surface area contributed by atoms with Crippen molar-refractivity contribution in [2.75, 3.05) is 18.1 Å². The van der Waals surface area contributed by atoms with E-state index in [1.807, 2.05) is 0 Å². The van der Waals surface area contributed by atoms with Crippen molar-refractivity contribution >= 4 is 36.4 Å². The first kappa shape index (κ1) is 18.1. The van der Waals surface area contributed by atoms with E-state index in [1.54, 1.807) is 26.0 Å². The van der Waals surface area contributed by atoms with Crippen LogP contribution in [0.1, 0.15) is 29.8 Å². The molecule has 0 aromatic heterocycles. The molecular weight excluding hydrogens is 334 g/mol. The average molecular weight is 352 g/mol. The van der Waals surface area contributed by atoms with Crippen molar-refractivity contribution in [2.24, 2.45) is 0 Å². The lowest BCUT2D eigenvalue weighted by molar-refractivity contribution is 0.0956. The van der Waals surface area contributed by atoms with E-state index in [-0.39, 0.29) is 17.0 Å². The summed E-state index contributed by atoms with van der Waals surface area (Å²) in [6.07, 6.45) is 0.499. The summed E-state index contributed by atoms with van der Waals surface area (Å²) in [4.78, 5) is 11.9. The van der Waals surface area contributed by atoms with Crippen LogP contribution in [0.4, 0.5) is 0 Å². The van der Waals surface area contributed by atoms with Crippen molar-refractivity contribution in [3.63, 3.8) is 0 Å². The van der Waals surface area contributed by atoms with Crippen LogP contribution in [-0.4, -0.2) is 36.6 Å². The van der Waals surface area contributed by atoms with Crippen LogP contribution in [-0.2, 0) is 26.3 Å². The molecule has 21 heavy (non-hydrogen) atoms. The topological polar surface area (TPSA) is 80.3 Å². The number of benzene rings is 1. The third-order valence-corrected chi connectivity index (χ3v) is 5.62. The first-order valence-electron chi connectivity index (χ1n) is 6.50. The van der Waals surface area contributed by atoms with Gasteiger partial charge in [-0.25, -0.2) is 8.42 Å². The molecule has 0 bridgehead atoms. The first-order chi connectivity index (χ1) is 9.79. The highest BCUT2D eigenvalue weighted by Gasteiger charge is 2.17. The fourth-order valence-electron chi connectivity index (χ4n) is 1.74. The molecule has 0 saturated heterocycles. The second-order valence-electron chi connectivity index (χ2n) is 4.30. The molecule has 0 radical (unpaired) electrons. The monoisotopic (exact) mass is 351 g/mol. The fraction of sp³-hybridized carbons (Fsp3) is 0.462. The summed E-state index contributed by atoms with van der Waals surface area (Å²) in [5.41, 5.74) is 0.780. The van der Waals surface area contributed by atoms with Crippen LogP contribution >= 0.6 is 10.7 Å². The van der Waals surface area contributed by atoms with Gasteiger partial charge in [-0.05, 0) is 24.1 Å². The number of hydrogen-bond acceptors (Lipinski definition) is 4. The number of amides is 1. The highest BCUT2D eigenvalue weighted by atomic mass is 35.7. The number of carbonyl (C=O) groups excluding carboxylic acids is 1. The van der Waals surface area contributed by atoms with Gasteiger partial charge in [0.2, 0.25) is 0 Å². The molecule has 0 heterocycles.